The van der Waals surface area contributed by atoms with Gasteiger partial charge in [-0.1, -0.05) is 0 Å². The van der Waals surface area contributed by atoms with Crippen LogP contribution in [-0.4, -0.2) is 14.8 Å². The summed E-state index contributed by atoms with van der Waals surface area (Å²) >= 11 is 1.44. The first kappa shape index (κ1) is 10.00. The maximum atomic E-state index is 8.81. The van der Waals surface area contributed by atoms with Gasteiger partial charge in [0.15, 0.2) is 0 Å². The van der Waals surface area contributed by atoms with Gasteiger partial charge in [0.05, 0.1) is 11.7 Å². The quantitative estimate of drug-likeness (QED) is 0.657. The van der Waals surface area contributed by atoms with E-state index >= 15 is 0 Å². The third kappa shape index (κ3) is 1.59. The van der Waals surface area contributed by atoms with E-state index in [0.29, 0.717) is 4.88 Å². The summed E-state index contributed by atoms with van der Waals surface area (Å²) < 4.78 is 1.80. The van der Waals surface area contributed by atoms with Crippen molar-refractivity contribution in [2.24, 2.45) is 7.05 Å². The van der Waals surface area contributed by atoms with Crippen molar-refractivity contribution in [2.45, 2.75) is 0 Å². The number of rotatable bonds is 1. The Morgan fingerprint density at radius 2 is 2.18 bits per heavy atom. The Bertz CT molecular complexity index is 732. The van der Waals surface area contributed by atoms with Crippen LogP contribution in [0.2, 0.25) is 0 Å². The number of aromatic nitrogens is 3. The minimum absolute atomic E-state index is 0.713. The Labute approximate surface area is 102 Å². The van der Waals surface area contributed by atoms with Gasteiger partial charge in [-0.05, 0) is 17.7 Å². The van der Waals surface area contributed by atoms with Crippen molar-refractivity contribution < 1.29 is 0 Å². The van der Waals surface area contributed by atoms with Gasteiger partial charge in [-0.3, -0.25) is 9.67 Å². The SMILES string of the molecule is Cn1ncc2ncc(-c3csc(C#N)c3)cc21. The van der Waals surface area contributed by atoms with Gasteiger partial charge >= 0.3 is 0 Å². The van der Waals surface area contributed by atoms with Crippen molar-refractivity contribution in [1.82, 2.24) is 14.8 Å². The smallest absolute Gasteiger partial charge is 0.110 e. The molecule has 3 heterocycles. The van der Waals surface area contributed by atoms with E-state index in [2.05, 4.69) is 16.2 Å². The number of fused-ring (bicyclic) bond motifs is 1. The summed E-state index contributed by atoms with van der Waals surface area (Å²) in [4.78, 5) is 5.06. The van der Waals surface area contributed by atoms with Crippen LogP contribution in [-0.2, 0) is 7.05 Å². The number of nitriles is 1. The molecule has 3 aromatic rings. The highest BCUT2D eigenvalue weighted by Crippen LogP contribution is 2.26. The van der Waals surface area contributed by atoms with Crippen LogP contribution < -0.4 is 0 Å². The molecule has 3 rings (SSSR count). The first-order valence-corrected chi connectivity index (χ1v) is 5.92. The Hall–Kier alpha value is -2.19. The highest BCUT2D eigenvalue weighted by Gasteiger charge is 2.06. The molecular weight excluding hydrogens is 232 g/mol. The predicted molar refractivity (Wildman–Crippen MR) is 66.5 cm³/mol. The fourth-order valence-corrected chi connectivity index (χ4v) is 2.44. The maximum absolute atomic E-state index is 8.81. The van der Waals surface area contributed by atoms with E-state index in [1.165, 1.54) is 11.3 Å². The van der Waals surface area contributed by atoms with E-state index in [4.69, 9.17) is 5.26 Å². The van der Waals surface area contributed by atoms with E-state index in [9.17, 15) is 0 Å². The molecule has 0 atom stereocenters. The Kier molecular flexibility index (Phi) is 2.16. The number of nitrogens with zero attached hydrogens (tertiary/aromatic N) is 4. The van der Waals surface area contributed by atoms with Crippen LogP contribution in [0, 0.1) is 11.3 Å². The molecule has 0 saturated carbocycles. The summed E-state index contributed by atoms with van der Waals surface area (Å²) in [6.45, 7) is 0. The molecule has 5 heteroatoms. The lowest BCUT2D eigenvalue weighted by Gasteiger charge is -1.98. The van der Waals surface area contributed by atoms with E-state index in [1.807, 2.05) is 30.8 Å². The van der Waals surface area contributed by atoms with Crippen LogP contribution in [0.5, 0.6) is 0 Å². The van der Waals surface area contributed by atoms with Crippen LogP contribution >= 0.6 is 11.3 Å². The van der Waals surface area contributed by atoms with Gasteiger partial charge in [0.2, 0.25) is 0 Å². The zero-order valence-corrected chi connectivity index (χ0v) is 9.90. The fraction of sp³-hybridized carbons (Fsp3) is 0.0833. The molecule has 3 aromatic heterocycles. The second-order valence-electron chi connectivity index (χ2n) is 3.71. The fourth-order valence-electron chi connectivity index (χ4n) is 1.73. The molecule has 0 fully saturated rings. The third-order valence-electron chi connectivity index (χ3n) is 2.64. The minimum Gasteiger partial charge on any atom is -0.266 e. The van der Waals surface area contributed by atoms with E-state index in [-0.39, 0.29) is 0 Å². The molecular formula is C12H8N4S. The molecule has 0 bridgehead atoms. The largest absolute Gasteiger partial charge is 0.266 e. The van der Waals surface area contributed by atoms with E-state index in [0.717, 1.165) is 22.2 Å². The number of hydrogen-bond donors (Lipinski definition) is 0. The number of pyridine rings is 1. The van der Waals surface area contributed by atoms with Gasteiger partial charge in [-0.15, -0.1) is 11.3 Å². The molecule has 0 aliphatic rings. The van der Waals surface area contributed by atoms with Gasteiger partial charge in [-0.25, -0.2) is 0 Å². The van der Waals surface area contributed by atoms with E-state index in [1.54, 1.807) is 10.9 Å². The summed E-state index contributed by atoms with van der Waals surface area (Å²) in [5, 5.41) is 14.9. The first-order chi connectivity index (χ1) is 8.28. The van der Waals surface area contributed by atoms with E-state index < -0.39 is 0 Å². The van der Waals surface area contributed by atoms with Crippen molar-refractivity contribution in [3.8, 4) is 17.2 Å². The molecule has 0 N–H and O–H groups in total. The van der Waals surface area contributed by atoms with Crippen LogP contribution in [0.1, 0.15) is 4.88 Å². The topological polar surface area (TPSA) is 54.5 Å². The number of aryl methyl sites for hydroxylation is 1. The van der Waals surface area contributed by atoms with Crippen molar-refractivity contribution >= 4 is 22.4 Å². The lowest BCUT2D eigenvalue weighted by atomic mass is 10.1. The van der Waals surface area contributed by atoms with Crippen molar-refractivity contribution in [3.05, 3.63) is 34.8 Å². The number of thiophene rings is 1. The molecule has 0 aromatic carbocycles. The second kappa shape index (κ2) is 3.68. The molecule has 82 valence electrons. The van der Waals surface area contributed by atoms with Crippen molar-refractivity contribution in [3.63, 3.8) is 0 Å². The van der Waals surface area contributed by atoms with Crippen molar-refractivity contribution in [1.29, 1.82) is 5.26 Å². The molecule has 0 amide bonds. The molecule has 0 unspecified atom stereocenters. The van der Waals surface area contributed by atoms with Gasteiger partial charge in [0.25, 0.3) is 0 Å². The summed E-state index contributed by atoms with van der Waals surface area (Å²) in [7, 11) is 1.89. The summed E-state index contributed by atoms with van der Waals surface area (Å²) in [5.74, 6) is 0. The highest BCUT2D eigenvalue weighted by atomic mass is 32.1. The van der Waals surface area contributed by atoms with Crippen LogP contribution in [0.3, 0.4) is 0 Å². The van der Waals surface area contributed by atoms with Gasteiger partial charge in [-0.2, -0.15) is 10.4 Å². The molecule has 17 heavy (non-hydrogen) atoms. The predicted octanol–water partition coefficient (Wildman–Crippen LogP) is 2.57. The lowest BCUT2D eigenvalue weighted by Crippen LogP contribution is -1.89. The van der Waals surface area contributed by atoms with Crippen LogP contribution in [0.4, 0.5) is 0 Å². The Morgan fingerprint density at radius 1 is 1.29 bits per heavy atom. The first-order valence-electron chi connectivity index (χ1n) is 5.04. The lowest BCUT2D eigenvalue weighted by molar-refractivity contribution is 0.797. The Balaban J connectivity index is 2.17. The zero-order valence-electron chi connectivity index (χ0n) is 9.08. The summed E-state index contributed by atoms with van der Waals surface area (Å²) in [6.07, 6.45) is 3.56. The molecule has 0 aliphatic carbocycles. The minimum atomic E-state index is 0.713. The Morgan fingerprint density at radius 3 is 2.94 bits per heavy atom. The second-order valence-corrected chi connectivity index (χ2v) is 4.62. The monoisotopic (exact) mass is 240 g/mol. The molecule has 4 nitrogen and oxygen atoms in total. The third-order valence-corrected chi connectivity index (χ3v) is 3.48. The van der Waals surface area contributed by atoms with Crippen LogP contribution in [0.15, 0.2) is 29.9 Å². The normalized spacial score (nSPS) is 10.6. The zero-order chi connectivity index (χ0) is 11.8. The van der Waals surface area contributed by atoms with Gasteiger partial charge in [0, 0.05) is 24.2 Å². The van der Waals surface area contributed by atoms with Gasteiger partial charge < -0.3 is 0 Å². The maximum Gasteiger partial charge on any atom is 0.110 e. The standard InChI is InChI=1S/C12H8N4S/c1-16-12-3-8(5-14-11(12)6-15-16)9-2-10(4-13)17-7-9/h2-3,5-7H,1H3. The number of hydrogen-bond acceptors (Lipinski definition) is 4. The molecule has 0 saturated heterocycles. The van der Waals surface area contributed by atoms with Crippen molar-refractivity contribution in [2.75, 3.05) is 0 Å². The summed E-state index contributed by atoms with van der Waals surface area (Å²) in [5.41, 5.74) is 3.92. The average Bonchev–Trinajstić information content (AvgIpc) is 2.96. The average molecular weight is 240 g/mol. The molecule has 0 aliphatic heterocycles. The molecule has 0 spiro atoms. The van der Waals surface area contributed by atoms with Gasteiger partial charge in [0.1, 0.15) is 16.5 Å². The van der Waals surface area contributed by atoms with Crippen LogP contribution in [0.25, 0.3) is 22.2 Å². The highest BCUT2D eigenvalue weighted by molar-refractivity contribution is 7.10. The summed E-state index contributed by atoms with van der Waals surface area (Å²) in [6, 6.07) is 6.06. The molecule has 0 radical (unpaired) electrons.